The number of anilines is 5. The molecular formula is C52H44N4. The number of para-hydroxylation sites is 2. The van der Waals surface area contributed by atoms with Crippen LogP contribution in [0.3, 0.4) is 0 Å². The summed E-state index contributed by atoms with van der Waals surface area (Å²) in [4.78, 5) is 4.64. The van der Waals surface area contributed by atoms with E-state index in [-0.39, 0.29) is 22.7 Å². The van der Waals surface area contributed by atoms with Crippen LogP contribution in [0.1, 0.15) is 79.5 Å². The number of hydrogen-bond acceptors (Lipinski definition) is 4. The van der Waals surface area contributed by atoms with Crippen molar-refractivity contribution in [3.63, 3.8) is 0 Å². The molecule has 0 fully saturated rings. The van der Waals surface area contributed by atoms with E-state index in [1.54, 1.807) is 0 Å². The summed E-state index contributed by atoms with van der Waals surface area (Å²) in [5.41, 5.74) is 18.4. The van der Waals surface area contributed by atoms with Crippen LogP contribution in [-0.4, -0.2) is 0 Å². The molecule has 272 valence electrons. The Morgan fingerprint density at radius 2 is 1.11 bits per heavy atom. The van der Waals surface area contributed by atoms with E-state index in [0.29, 0.717) is 11.1 Å². The monoisotopic (exact) mass is 724 g/mol. The van der Waals surface area contributed by atoms with Gasteiger partial charge in [0.25, 0.3) is 0 Å². The molecule has 4 heteroatoms. The van der Waals surface area contributed by atoms with E-state index in [2.05, 4.69) is 173 Å². The fourth-order valence-corrected chi connectivity index (χ4v) is 10.0. The number of allylic oxidation sites excluding steroid dienone is 3. The fraction of sp³-hybridized carbons (Fsp3) is 0.192. The predicted octanol–water partition coefficient (Wildman–Crippen LogP) is 13.2. The third-order valence-electron chi connectivity index (χ3n) is 12.6. The topological polar surface area (TPSA) is 54.1 Å². The highest BCUT2D eigenvalue weighted by atomic mass is 15.2. The van der Waals surface area contributed by atoms with E-state index in [9.17, 15) is 10.5 Å². The second-order valence-electron chi connectivity index (χ2n) is 16.6. The molecule has 0 spiro atoms. The molecule has 2 atom stereocenters. The lowest BCUT2D eigenvalue weighted by Crippen LogP contribution is -2.31. The summed E-state index contributed by atoms with van der Waals surface area (Å²) in [7, 11) is 0. The molecule has 0 saturated heterocycles. The zero-order valence-electron chi connectivity index (χ0n) is 32.8. The van der Waals surface area contributed by atoms with Crippen LogP contribution in [0.2, 0.25) is 0 Å². The molecule has 0 aromatic heterocycles. The molecule has 2 unspecified atom stereocenters. The molecule has 0 radical (unpaired) electrons. The first-order valence-electron chi connectivity index (χ1n) is 19.5. The van der Waals surface area contributed by atoms with Crippen LogP contribution in [0.25, 0.3) is 11.1 Å². The van der Waals surface area contributed by atoms with E-state index in [4.69, 9.17) is 0 Å². The quantitative estimate of drug-likeness (QED) is 0.172. The number of nitrogens with zero attached hydrogens (tertiary/aromatic N) is 4. The maximum atomic E-state index is 9.54. The lowest BCUT2D eigenvalue weighted by molar-refractivity contribution is 0.380. The summed E-state index contributed by atoms with van der Waals surface area (Å²) in [5.74, 6) is 0.517. The fourth-order valence-electron chi connectivity index (χ4n) is 10.0. The molecule has 56 heavy (non-hydrogen) atoms. The zero-order valence-corrected chi connectivity index (χ0v) is 32.8. The van der Waals surface area contributed by atoms with Crippen molar-refractivity contribution in [3.05, 3.63) is 196 Å². The van der Waals surface area contributed by atoms with Crippen molar-refractivity contribution >= 4 is 28.4 Å². The molecule has 6 aromatic rings. The molecule has 3 aliphatic carbocycles. The molecule has 6 aromatic carbocycles. The summed E-state index contributed by atoms with van der Waals surface area (Å²) in [6, 6.07) is 51.0. The number of rotatable bonds is 6. The lowest BCUT2D eigenvalue weighted by atomic mass is 9.69. The largest absolute Gasteiger partial charge is 0.311 e. The first-order valence-corrected chi connectivity index (χ1v) is 19.5. The third-order valence-corrected chi connectivity index (χ3v) is 12.6. The number of fused-ring (bicyclic) bond motifs is 7. The van der Waals surface area contributed by atoms with Gasteiger partial charge in [-0.1, -0.05) is 87.9 Å². The molecule has 0 N–H and O–H groups in total. The molecule has 0 saturated carbocycles. The zero-order chi connectivity index (χ0) is 38.9. The number of hydrogen-bond donors (Lipinski definition) is 0. The van der Waals surface area contributed by atoms with Crippen LogP contribution in [-0.2, 0) is 10.8 Å². The van der Waals surface area contributed by atoms with Crippen LogP contribution in [0, 0.1) is 35.5 Å². The molecular weight excluding hydrogens is 681 g/mol. The summed E-state index contributed by atoms with van der Waals surface area (Å²) >= 11 is 0. The van der Waals surface area contributed by atoms with Crippen molar-refractivity contribution in [2.24, 2.45) is 5.92 Å². The average Bonchev–Trinajstić information content (AvgIpc) is 3.59. The van der Waals surface area contributed by atoms with E-state index in [1.807, 2.05) is 36.4 Å². The third kappa shape index (κ3) is 5.32. The van der Waals surface area contributed by atoms with Gasteiger partial charge in [-0.2, -0.15) is 10.5 Å². The number of nitriles is 2. The molecule has 4 nitrogen and oxygen atoms in total. The van der Waals surface area contributed by atoms with Crippen LogP contribution in [0.15, 0.2) is 157 Å². The number of benzene rings is 6. The Morgan fingerprint density at radius 1 is 0.571 bits per heavy atom. The van der Waals surface area contributed by atoms with E-state index in [1.165, 1.54) is 44.5 Å². The molecule has 0 bridgehead atoms. The smallest absolute Gasteiger partial charge is 0.0991 e. The van der Waals surface area contributed by atoms with Gasteiger partial charge in [-0.3, -0.25) is 0 Å². The molecule has 9 rings (SSSR count). The first-order chi connectivity index (χ1) is 27.0. The number of aryl methyl sites for hydroxylation is 1. The van der Waals surface area contributed by atoms with Gasteiger partial charge in [0.05, 0.1) is 23.3 Å². The summed E-state index contributed by atoms with van der Waals surface area (Å²) in [6.45, 7) is 14.3. The van der Waals surface area contributed by atoms with Crippen molar-refractivity contribution in [3.8, 4) is 23.3 Å². The van der Waals surface area contributed by atoms with Crippen molar-refractivity contribution in [2.75, 3.05) is 9.80 Å². The van der Waals surface area contributed by atoms with Gasteiger partial charge in [-0.15, -0.1) is 0 Å². The van der Waals surface area contributed by atoms with Crippen molar-refractivity contribution in [2.45, 2.75) is 58.3 Å². The van der Waals surface area contributed by atoms with Gasteiger partial charge in [0.15, 0.2) is 0 Å². The summed E-state index contributed by atoms with van der Waals surface area (Å²) in [6.07, 6.45) is 4.89. The van der Waals surface area contributed by atoms with E-state index in [0.717, 1.165) is 34.1 Å². The Labute approximate surface area is 330 Å². The Kier molecular flexibility index (Phi) is 8.15. The highest BCUT2D eigenvalue weighted by Gasteiger charge is 2.52. The summed E-state index contributed by atoms with van der Waals surface area (Å²) < 4.78 is 0. The van der Waals surface area contributed by atoms with Gasteiger partial charge >= 0.3 is 0 Å². The molecule has 0 heterocycles. The standard InChI is InChI=1S/C52H44N4/c1-33-27-41(55(37-13-9-7-10-14-37)39-21-17-35(31-53)18-22-39)29-45-47(33)43-25-26-44-48-34(2)28-42(30-46(48)52(5,6)50(44)49(43)51(45,3)4)56(38-15-11-8-12-16-38)40-23-19-36(32-54)20-24-40/h7-30,45,47H,1-6H3. The average molecular weight is 725 g/mol. The van der Waals surface area contributed by atoms with Crippen LogP contribution in [0.5, 0.6) is 0 Å². The maximum Gasteiger partial charge on any atom is 0.0991 e. The van der Waals surface area contributed by atoms with Crippen molar-refractivity contribution in [1.82, 2.24) is 0 Å². The minimum absolute atomic E-state index is 0.159. The normalized spacial score (nSPS) is 17.9. The van der Waals surface area contributed by atoms with Crippen LogP contribution >= 0.6 is 0 Å². The van der Waals surface area contributed by atoms with E-state index >= 15 is 0 Å². The predicted molar refractivity (Wildman–Crippen MR) is 229 cm³/mol. The van der Waals surface area contributed by atoms with Crippen molar-refractivity contribution in [1.29, 1.82) is 10.5 Å². The molecule has 3 aliphatic rings. The minimum atomic E-state index is -0.253. The highest BCUT2D eigenvalue weighted by molar-refractivity contribution is 5.89. The summed E-state index contributed by atoms with van der Waals surface area (Å²) in [5, 5.41) is 19.1. The first kappa shape index (κ1) is 35.1. The van der Waals surface area contributed by atoms with Crippen molar-refractivity contribution < 1.29 is 0 Å². The van der Waals surface area contributed by atoms with Gasteiger partial charge in [-0.05, 0) is 155 Å². The maximum absolute atomic E-state index is 9.54. The highest BCUT2D eigenvalue weighted by Crippen LogP contribution is 2.63. The van der Waals surface area contributed by atoms with Gasteiger partial charge < -0.3 is 9.80 Å². The molecule has 0 amide bonds. The second-order valence-corrected chi connectivity index (χ2v) is 16.6. The second kappa shape index (κ2) is 13.0. The van der Waals surface area contributed by atoms with E-state index < -0.39 is 0 Å². The lowest BCUT2D eigenvalue weighted by Gasteiger charge is -2.37. The minimum Gasteiger partial charge on any atom is -0.311 e. The Hall–Kier alpha value is -6.62. The van der Waals surface area contributed by atoms with Gasteiger partial charge in [0.2, 0.25) is 0 Å². The van der Waals surface area contributed by atoms with Crippen LogP contribution in [0.4, 0.5) is 28.4 Å². The van der Waals surface area contributed by atoms with Gasteiger partial charge in [0, 0.05) is 45.5 Å². The Bertz CT molecular complexity index is 2670. The SMILES string of the molecule is CC1=CC(N(c2ccccc2)c2ccc(C#N)cc2)=CC2C1c1ccc3c(c1C2(C)C)C(C)(C)c1cc(N(c2ccccc2)c2ccc(C#N)cc2)cc(C)c1-3. The Balaban J connectivity index is 1.17. The Morgan fingerprint density at radius 3 is 1.68 bits per heavy atom. The molecule has 0 aliphatic heterocycles. The van der Waals surface area contributed by atoms with Crippen LogP contribution < -0.4 is 9.80 Å². The van der Waals surface area contributed by atoms with Gasteiger partial charge in [-0.25, -0.2) is 0 Å². The van der Waals surface area contributed by atoms with Gasteiger partial charge in [0.1, 0.15) is 0 Å².